The Bertz CT molecular complexity index is 301. The van der Waals surface area contributed by atoms with Crippen molar-refractivity contribution in [2.24, 2.45) is 0 Å². The van der Waals surface area contributed by atoms with Gasteiger partial charge in [0.15, 0.2) is 0 Å². The Morgan fingerprint density at radius 2 is 2.09 bits per heavy atom. The highest BCUT2D eigenvalue weighted by Gasteiger charge is 2.03. The average molecular weight is 152 g/mol. The van der Waals surface area contributed by atoms with Gasteiger partial charge in [0, 0.05) is 20.3 Å². The fourth-order valence-electron chi connectivity index (χ4n) is 1.12. The molecule has 0 aliphatic carbocycles. The van der Waals surface area contributed by atoms with Gasteiger partial charge in [-0.3, -0.25) is 4.79 Å². The summed E-state index contributed by atoms with van der Waals surface area (Å²) < 4.78 is 0. The highest BCUT2D eigenvalue weighted by molar-refractivity contribution is 5.49. The monoisotopic (exact) mass is 152 g/mol. The fraction of sp³-hybridized carbons (Fsp3) is 0.375. The van der Waals surface area contributed by atoms with Gasteiger partial charge in [-0.15, -0.1) is 0 Å². The van der Waals surface area contributed by atoms with Crippen molar-refractivity contribution in [1.29, 1.82) is 0 Å². The van der Waals surface area contributed by atoms with Crippen molar-refractivity contribution < 1.29 is 0 Å². The molecule has 0 amide bonds. The second-order valence-electron chi connectivity index (χ2n) is 2.73. The van der Waals surface area contributed by atoms with Gasteiger partial charge in [-0.2, -0.15) is 0 Å². The number of anilines is 1. The van der Waals surface area contributed by atoms with E-state index in [-0.39, 0.29) is 5.56 Å². The molecule has 0 fully saturated rings. The standard InChI is InChI=1S/C8H12N2O/c1-6-4-5-9-8(11)7(6)10(2)3/h4-5H,1-3H3,(H,9,11). The minimum Gasteiger partial charge on any atom is -0.373 e. The summed E-state index contributed by atoms with van der Waals surface area (Å²) in [7, 11) is 3.72. The van der Waals surface area contributed by atoms with Crippen molar-refractivity contribution in [2.75, 3.05) is 19.0 Å². The minimum absolute atomic E-state index is 0.0324. The van der Waals surface area contributed by atoms with Crippen LogP contribution in [0.2, 0.25) is 0 Å². The normalized spacial score (nSPS) is 9.73. The smallest absolute Gasteiger partial charge is 0.271 e. The van der Waals surface area contributed by atoms with E-state index in [9.17, 15) is 4.79 Å². The number of nitrogens with zero attached hydrogens (tertiary/aromatic N) is 1. The first-order valence-corrected chi connectivity index (χ1v) is 3.48. The van der Waals surface area contributed by atoms with Crippen LogP contribution in [0.5, 0.6) is 0 Å². The molecule has 0 aliphatic rings. The number of rotatable bonds is 1. The molecule has 0 aromatic carbocycles. The summed E-state index contributed by atoms with van der Waals surface area (Å²) in [5.74, 6) is 0. The van der Waals surface area contributed by atoms with E-state index in [4.69, 9.17) is 0 Å². The Kier molecular flexibility index (Phi) is 1.98. The van der Waals surface area contributed by atoms with Crippen LogP contribution in [-0.4, -0.2) is 19.1 Å². The maximum Gasteiger partial charge on any atom is 0.271 e. The number of aromatic nitrogens is 1. The second kappa shape index (κ2) is 2.78. The molecule has 0 saturated heterocycles. The summed E-state index contributed by atoms with van der Waals surface area (Å²) in [6, 6.07) is 1.89. The Labute approximate surface area is 65.7 Å². The van der Waals surface area contributed by atoms with Gasteiger partial charge in [-0.1, -0.05) is 0 Å². The zero-order chi connectivity index (χ0) is 8.43. The van der Waals surface area contributed by atoms with Gasteiger partial charge in [0.25, 0.3) is 5.56 Å². The molecule has 3 nitrogen and oxygen atoms in total. The zero-order valence-electron chi connectivity index (χ0n) is 7.01. The molecule has 1 aromatic heterocycles. The molecular weight excluding hydrogens is 140 g/mol. The molecule has 0 saturated carbocycles. The molecule has 1 heterocycles. The number of hydrogen-bond acceptors (Lipinski definition) is 2. The number of nitrogens with one attached hydrogen (secondary N) is 1. The molecule has 0 spiro atoms. The van der Waals surface area contributed by atoms with E-state index in [2.05, 4.69) is 4.98 Å². The van der Waals surface area contributed by atoms with Crippen LogP contribution >= 0.6 is 0 Å². The minimum atomic E-state index is -0.0324. The quantitative estimate of drug-likeness (QED) is 0.644. The first-order valence-electron chi connectivity index (χ1n) is 3.48. The van der Waals surface area contributed by atoms with Gasteiger partial charge >= 0.3 is 0 Å². The predicted molar refractivity (Wildman–Crippen MR) is 46.1 cm³/mol. The molecular formula is C8H12N2O. The van der Waals surface area contributed by atoms with Crippen LogP contribution in [0.25, 0.3) is 0 Å². The maximum absolute atomic E-state index is 11.2. The van der Waals surface area contributed by atoms with Crippen molar-refractivity contribution in [3.05, 3.63) is 28.2 Å². The lowest BCUT2D eigenvalue weighted by Crippen LogP contribution is -2.21. The lowest BCUT2D eigenvalue weighted by molar-refractivity contribution is 1.06. The van der Waals surface area contributed by atoms with E-state index >= 15 is 0 Å². The van der Waals surface area contributed by atoms with Gasteiger partial charge < -0.3 is 9.88 Å². The van der Waals surface area contributed by atoms with Crippen LogP contribution in [0, 0.1) is 6.92 Å². The van der Waals surface area contributed by atoms with Crippen LogP contribution in [0.15, 0.2) is 17.1 Å². The van der Waals surface area contributed by atoms with Gasteiger partial charge in [0.1, 0.15) is 5.69 Å². The highest BCUT2D eigenvalue weighted by atomic mass is 16.1. The highest BCUT2D eigenvalue weighted by Crippen LogP contribution is 2.08. The van der Waals surface area contributed by atoms with Crippen LogP contribution in [-0.2, 0) is 0 Å². The first-order chi connectivity index (χ1) is 5.13. The van der Waals surface area contributed by atoms with Gasteiger partial charge in [0.2, 0.25) is 0 Å². The molecule has 0 aliphatic heterocycles. The van der Waals surface area contributed by atoms with Crippen LogP contribution in [0.3, 0.4) is 0 Å². The lowest BCUT2D eigenvalue weighted by Gasteiger charge is -2.12. The number of aryl methyl sites for hydroxylation is 1. The average Bonchev–Trinajstić information content (AvgIpc) is 1.85. The van der Waals surface area contributed by atoms with Crippen LogP contribution in [0.4, 0.5) is 5.69 Å². The Hall–Kier alpha value is -1.25. The third-order valence-corrected chi connectivity index (χ3v) is 1.58. The lowest BCUT2D eigenvalue weighted by atomic mass is 10.2. The Balaban J connectivity index is 3.33. The summed E-state index contributed by atoms with van der Waals surface area (Å²) >= 11 is 0. The summed E-state index contributed by atoms with van der Waals surface area (Å²) in [6.45, 7) is 1.92. The third-order valence-electron chi connectivity index (χ3n) is 1.58. The van der Waals surface area contributed by atoms with Crippen molar-refractivity contribution in [1.82, 2.24) is 4.98 Å². The fourth-order valence-corrected chi connectivity index (χ4v) is 1.12. The van der Waals surface area contributed by atoms with Gasteiger partial charge in [-0.25, -0.2) is 0 Å². The van der Waals surface area contributed by atoms with Crippen molar-refractivity contribution in [3.63, 3.8) is 0 Å². The molecule has 3 heteroatoms. The van der Waals surface area contributed by atoms with Gasteiger partial charge in [-0.05, 0) is 18.6 Å². The largest absolute Gasteiger partial charge is 0.373 e. The molecule has 0 atom stereocenters. The third kappa shape index (κ3) is 1.42. The summed E-state index contributed by atoms with van der Waals surface area (Å²) in [6.07, 6.45) is 1.66. The van der Waals surface area contributed by atoms with E-state index in [1.54, 1.807) is 6.20 Å². The topological polar surface area (TPSA) is 36.1 Å². The molecule has 60 valence electrons. The SMILES string of the molecule is Cc1cc[nH]c(=O)c1N(C)C. The maximum atomic E-state index is 11.2. The number of aromatic amines is 1. The first kappa shape index (κ1) is 7.85. The van der Waals surface area contributed by atoms with E-state index in [0.29, 0.717) is 0 Å². The molecule has 0 unspecified atom stereocenters. The summed E-state index contributed by atoms with van der Waals surface area (Å²) in [4.78, 5) is 15.6. The Morgan fingerprint density at radius 1 is 1.45 bits per heavy atom. The zero-order valence-corrected chi connectivity index (χ0v) is 7.01. The molecule has 0 radical (unpaired) electrons. The van der Waals surface area contributed by atoms with Crippen molar-refractivity contribution in [3.8, 4) is 0 Å². The second-order valence-corrected chi connectivity index (χ2v) is 2.73. The number of H-pyrrole nitrogens is 1. The molecule has 1 N–H and O–H groups in total. The number of pyridine rings is 1. The van der Waals surface area contributed by atoms with E-state index in [1.807, 2.05) is 32.0 Å². The molecule has 1 aromatic rings. The molecule has 0 bridgehead atoms. The van der Waals surface area contributed by atoms with E-state index in [1.165, 1.54) is 0 Å². The van der Waals surface area contributed by atoms with Crippen LogP contribution < -0.4 is 10.5 Å². The van der Waals surface area contributed by atoms with Crippen molar-refractivity contribution >= 4 is 5.69 Å². The van der Waals surface area contributed by atoms with E-state index in [0.717, 1.165) is 11.3 Å². The molecule has 1 rings (SSSR count). The van der Waals surface area contributed by atoms with Gasteiger partial charge in [0.05, 0.1) is 0 Å². The van der Waals surface area contributed by atoms with Crippen LogP contribution in [0.1, 0.15) is 5.56 Å². The summed E-state index contributed by atoms with van der Waals surface area (Å²) in [5, 5.41) is 0. The van der Waals surface area contributed by atoms with E-state index < -0.39 is 0 Å². The summed E-state index contributed by atoms with van der Waals surface area (Å²) in [5.41, 5.74) is 1.70. The molecule has 11 heavy (non-hydrogen) atoms. The Morgan fingerprint density at radius 3 is 2.45 bits per heavy atom. The number of hydrogen-bond donors (Lipinski definition) is 1. The van der Waals surface area contributed by atoms with Crippen molar-refractivity contribution in [2.45, 2.75) is 6.92 Å². The predicted octanol–water partition coefficient (Wildman–Crippen LogP) is 0.749.